The summed E-state index contributed by atoms with van der Waals surface area (Å²) in [5.74, 6) is -0.279. The van der Waals surface area contributed by atoms with Crippen molar-refractivity contribution in [2.24, 2.45) is 0 Å². The van der Waals surface area contributed by atoms with Crippen LogP contribution in [0.25, 0.3) is 0 Å². The number of nitrogens with zero attached hydrogens (tertiary/aromatic N) is 2. The molecule has 1 aliphatic rings. The van der Waals surface area contributed by atoms with Gasteiger partial charge in [0.05, 0.1) is 11.6 Å². The highest BCUT2D eigenvalue weighted by atomic mass is 32.1. The molecule has 0 aliphatic carbocycles. The summed E-state index contributed by atoms with van der Waals surface area (Å²) in [6, 6.07) is 11.9. The number of rotatable bonds is 3. The lowest BCUT2D eigenvalue weighted by Crippen LogP contribution is -2.29. The first kappa shape index (κ1) is 14.8. The maximum atomic E-state index is 11.0. The number of hydrogen-bond donors (Lipinski definition) is 0. The summed E-state index contributed by atoms with van der Waals surface area (Å²) in [5.41, 5.74) is 3.02. The molecule has 0 spiro atoms. The van der Waals surface area contributed by atoms with Gasteiger partial charge in [0.15, 0.2) is 5.06 Å². The van der Waals surface area contributed by atoms with E-state index in [0.29, 0.717) is 5.06 Å². The van der Waals surface area contributed by atoms with Crippen LogP contribution in [0.4, 0.5) is 0 Å². The molecule has 3 rings (SSSR count). The summed E-state index contributed by atoms with van der Waals surface area (Å²) in [5, 5.41) is 9.86. The van der Waals surface area contributed by atoms with E-state index in [1.165, 1.54) is 17.4 Å². The second-order valence-corrected chi connectivity index (χ2v) is 6.44. The van der Waals surface area contributed by atoms with Crippen LogP contribution in [-0.4, -0.2) is 17.4 Å². The van der Waals surface area contributed by atoms with Crippen LogP contribution in [0.15, 0.2) is 30.3 Å². The molecule has 0 bridgehead atoms. The van der Waals surface area contributed by atoms with E-state index in [0.717, 1.165) is 37.2 Å². The van der Waals surface area contributed by atoms with Crippen LogP contribution < -0.4 is 4.74 Å². The number of nitriles is 1. The van der Waals surface area contributed by atoms with E-state index in [1.54, 1.807) is 11.3 Å². The number of thiophene rings is 1. The van der Waals surface area contributed by atoms with Gasteiger partial charge in [-0.1, -0.05) is 18.2 Å². The van der Waals surface area contributed by atoms with Crippen molar-refractivity contribution in [3.63, 3.8) is 0 Å². The van der Waals surface area contributed by atoms with Gasteiger partial charge < -0.3 is 4.74 Å². The minimum Gasteiger partial charge on any atom is -0.416 e. The summed E-state index contributed by atoms with van der Waals surface area (Å²) in [6.45, 7) is 3.96. The van der Waals surface area contributed by atoms with Gasteiger partial charge in [-0.05, 0) is 29.7 Å². The van der Waals surface area contributed by atoms with Gasteiger partial charge in [0, 0.05) is 31.4 Å². The molecule has 0 saturated heterocycles. The highest BCUT2D eigenvalue weighted by Gasteiger charge is 2.21. The fourth-order valence-corrected chi connectivity index (χ4v) is 3.75. The molecule has 2 aromatic rings. The van der Waals surface area contributed by atoms with Crippen molar-refractivity contribution >= 4 is 17.3 Å². The predicted octanol–water partition coefficient (Wildman–Crippen LogP) is 3.10. The number of fused-ring (bicyclic) bond motifs is 1. The van der Waals surface area contributed by atoms with Gasteiger partial charge in [0.1, 0.15) is 0 Å². The first-order valence-electron chi connectivity index (χ1n) is 7.16. The molecule has 0 fully saturated rings. The zero-order valence-electron chi connectivity index (χ0n) is 12.3. The lowest BCUT2D eigenvalue weighted by molar-refractivity contribution is -0.131. The van der Waals surface area contributed by atoms with Crippen molar-refractivity contribution in [3.8, 4) is 11.1 Å². The van der Waals surface area contributed by atoms with Gasteiger partial charge in [-0.3, -0.25) is 9.69 Å². The van der Waals surface area contributed by atoms with Crippen LogP contribution in [0.2, 0.25) is 0 Å². The lowest BCUT2D eigenvalue weighted by atomic mass is 10.1. The van der Waals surface area contributed by atoms with Crippen molar-refractivity contribution in [1.29, 1.82) is 5.26 Å². The second kappa shape index (κ2) is 6.30. The Bertz CT molecular complexity index is 745. The third-order valence-electron chi connectivity index (χ3n) is 3.70. The van der Waals surface area contributed by atoms with Gasteiger partial charge in [-0.25, -0.2) is 0 Å². The van der Waals surface area contributed by atoms with E-state index in [9.17, 15) is 10.1 Å². The molecular weight excluding hydrogens is 296 g/mol. The Hall–Kier alpha value is -2.16. The van der Waals surface area contributed by atoms with Gasteiger partial charge in [-0.15, -0.1) is 11.3 Å². The molecule has 4 nitrogen and oxygen atoms in total. The van der Waals surface area contributed by atoms with Crippen LogP contribution in [0.1, 0.15) is 28.5 Å². The minimum atomic E-state index is -0.279. The molecule has 2 heterocycles. The van der Waals surface area contributed by atoms with Crippen molar-refractivity contribution in [2.45, 2.75) is 26.4 Å². The molecule has 1 aliphatic heterocycles. The monoisotopic (exact) mass is 312 g/mol. The summed E-state index contributed by atoms with van der Waals surface area (Å²) in [7, 11) is 0. The smallest absolute Gasteiger partial charge is 0.308 e. The fourth-order valence-electron chi connectivity index (χ4n) is 2.70. The molecular formula is C17H16N2O2S. The molecule has 0 radical (unpaired) electrons. The molecule has 22 heavy (non-hydrogen) atoms. The van der Waals surface area contributed by atoms with Gasteiger partial charge >= 0.3 is 5.97 Å². The zero-order chi connectivity index (χ0) is 15.5. The van der Waals surface area contributed by atoms with Crippen molar-refractivity contribution in [2.75, 3.05) is 6.54 Å². The molecule has 0 amide bonds. The summed E-state index contributed by atoms with van der Waals surface area (Å²) < 4.78 is 5.18. The Kier molecular flexibility index (Phi) is 4.23. The number of benzene rings is 1. The number of esters is 1. The third-order valence-corrected chi connectivity index (χ3v) is 4.81. The van der Waals surface area contributed by atoms with E-state index >= 15 is 0 Å². The Morgan fingerprint density at radius 1 is 1.45 bits per heavy atom. The maximum absolute atomic E-state index is 11.0. The Morgan fingerprint density at radius 3 is 3.05 bits per heavy atom. The van der Waals surface area contributed by atoms with Crippen molar-refractivity contribution < 1.29 is 9.53 Å². The van der Waals surface area contributed by atoms with E-state index in [1.807, 2.05) is 30.3 Å². The standard InChI is InChI=1S/C17H16N2O2S/c1-12(20)21-17-8-15-11-19(7-6-16(15)22-17)10-14-5-3-2-4-13(14)9-18/h2-5,8H,6-7,10-11H2,1H3. The Balaban J connectivity index is 1.73. The van der Waals surface area contributed by atoms with E-state index in [-0.39, 0.29) is 5.97 Å². The molecule has 0 saturated carbocycles. The van der Waals surface area contributed by atoms with Crippen LogP contribution in [0.3, 0.4) is 0 Å². The molecule has 1 aromatic heterocycles. The second-order valence-electron chi connectivity index (χ2n) is 5.34. The zero-order valence-corrected chi connectivity index (χ0v) is 13.2. The Labute approximate surface area is 133 Å². The van der Waals surface area contributed by atoms with Crippen LogP contribution in [0, 0.1) is 11.3 Å². The lowest BCUT2D eigenvalue weighted by Gasteiger charge is -2.26. The molecule has 1 aromatic carbocycles. The molecule has 112 valence electrons. The molecule has 0 N–H and O–H groups in total. The first-order valence-corrected chi connectivity index (χ1v) is 7.97. The molecule has 0 atom stereocenters. The predicted molar refractivity (Wildman–Crippen MR) is 84.6 cm³/mol. The van der Waals surface area contributed by atoms with Crippen molar-refractivity contribution in [1.82, 2.24) is 4.90 Å². The molecule has 0 unspecified atom stereocenters. The maximum Gasteiger partial charge on any atom is 0.308 e. The number of ether oxygens (including phenoxy) is 1. The fraction of sp³-hybridized carbons (Fsp3) is 0.294. The highest BCUT2D eigenvalue weighted by Crippen LogP contribution is 2.33. The Morgan fingerprint density at radius 2 is 2.27 bits per heavy atom. The number of carbonyl (C=O) groups excluding carboxylic acids is 1. The van der Waals surface area contributed by atoms with E-state index in [2.05, 4.69) is 11.0 Å². The summed E-state index contributed by atoms with van der Waals surface area (Å²) >= 11 is 1.56. The quantitative estimate of drug-likeness (QED) is 0.817. The van der Waals surface area contributed by atoms with Gasteiger partial charge in [0.2, 0.25) is 0 Å². The normalized spacial score (nSPS) is 14.2. The van der Waals surface area contributed by atoms with Crippen molar-refractivity contribution in [3.05, 3.63) is 51.9 Å². The minimum absolute atomic E-state index is 0.279. The van der Waals surface area contributed by atoms with Gasteiger partial charge in [0.25, 0.3) is 0 Å². The SMILES string of the molecule is CC(=O)Oc1cc2c(s1)CCN(Cc1ccccc1C#N)C2. The first-order chi connectivity index (χ1) is 10.7. The average Bonchev–Trinajstić information content (AvgIpc) is 2.88. The van der Waals surface area contributed by atoms with Crippen LogP contribution in [-0.2, 0) is 24.3 Å². The van der Waals surface area contributed by atoms with Crippen LogP contribution in [0.5, 0.6) is 5.06 Å². The molecule has 5 heteroatoms. The van der Waals surface area contributed by atoms with Gasteiger partial charge in [-0.2, -0.15) is 5.26 Å². The largest absolute Gasteiger partial charge is 0.416 e. The number of hydrogen-bond acceptors (Lipinski definition) is 5. The highest BCUT2D eigenvalue weighted by molar-refractivity contribution is 7.14. The average molecular weight is 312 g/mol. The number of carbonyl (C=O) groups is 1. The summed E-state index contributed by atoms with van der Waals surface area (Å²) in [4.78, 5) is 14.7. The van der Waals surface area contributed by atoms with Crippen LogP contribution >= 0.6 is 11.3 Å². The summed E-state index contributed by atoms with van der Waals surface area (Å²) in [6.07, 6.45) is 0.954. The topological polar surface area (TPSA) is 53.3 Å². The van der Waals surface area contributed by atoms with E-state index in [4.69, 9.17) is 4.74 Å². The third kappa shape index (κ3) is 3.19. The van der Waals surface area contributed by atoms with E-state index < -0.39 is 0 Å².